The number of hydrogen-bond donors (Lipinski definition) is 2. The van der Waals surface area contributed by atoms with Crippen molar-refractivity contribution in [3.8, 4) is 0 Å². The van der Waals surface area contributed by atoms with Gasteiger partial charge in [-0.15, -0.1) is 0 Å². The maximum Gasteiger partial charge on any atom is 0.338 e. The van der Waals surface area contributed by atoms with E-state index in [-0.39, 0.29) is 13.2 Å². The van der Waals surface area contributed by atoms with E-state index in [0.717, 1.165) is 8.95 Å². The highest BCUT2D eigenvalue weighted by Crippen LogP contribution is 2.17. The van der Waals surface area contributed by atoms with E-state index in [1.165, 1.54) is 0 Å². The summed E-state index contributed by atoms with van der Waals surface area (Å²) >= 11 is 6.62. The Labute approximate surface area is 193 Å². The first-order valence-corrected chi connectivity index (χ1v) is 10.7. The molecule has 2 aromatic carbocycles. The average Bonchev–Trinajstić information content (AvgIpc) is 2.67. The SMILES string of the molecule is CC(C)(COC(=O)c1ccc(Br)cc1)OC(=O)c1ccc(Br)cc1.CC(C)(O)CO. The summed E-state index contributed by atoms with van der Waals surface area (Å²) in [6.07, 6.45) is 0. The quantitative estimate of drug-likeness (QED) is 0.509. The number of carbonyl (C=O) groups is 2. The van der Waals surface area contributed by atoms with Gasteiger partial charge in [0, 0.05) is 8.95 Å². The van der Waals surface area contributed by atoms with Gasteiger partial charge in [0.15, 0.2) is 0 Å². The maximum atomic E-state index is 12.1. The Hall–Kier alpha value is -1.74. The van der Waals surface area contributed by atoms with Crippen LogP contribution in [0, 0.1) is 0 Å². The molecule has 2 N–H and O–H groups in total. The Bertz CT molecular complexity index is 824. The van der Waals surface area contributed by atoms with Gasteiger partial charge in [-0.25, -0.2) is 9.59 Å². The molecule has 30 heavy (non-hydrogen) atoms. The zero-order valence-corrected chi connectivity index (χ0v) is 20.5. The lowest BCUT2D eigenvalue weighted by Crippen LogP contribution is -2.34. The first-order valence-electron chi connectivity index (χ1n) is 9.08. The molecular weight excluding hydrogens is 520 g/mol. The molecule has 0 atom stereocenters. The van der Waals surface area contributed by atoms with Crippen LogP contribution in [0.4, 0.5) is 0 Å². The number of hydrogen-bond acceptors (Lipinski definition) is 6. The summed E-state index contributed by atoms with van der Waals surface area (Å²) in [4.78, 5) is 24.2. The van der Waals surface area contributed by atoms with Gasteiger partial charge < -0.3 is 19.7 Å². The minimum Gasteiger partial charge on any atom is -0.458 e. The summed E-state index contributed by atoms with van der Waals surface area (Å²) in [7, 11) is 0. The molecule has 0 unspecified atom stereocenters. The molecule has 0 aliphatic heterocycles. The first kappa shape index (κ1) is 26.3. The molecule has 0 saturated heterocycles. The van der Waals surface area contributed by atoms with Crippen molar-refractivity contribution in [2.24, 2.45) is 0 Å². The van der Waals surface area contributed by atoms with E-state index in [9.17, 15) is 9.59 Å². The number of halogens is 2. The van der Waals surface area contributed by atoms with Gasteiger partial charge >= 0.3 is 11.9 Å². The highest BCUT2D eigenvalue weighted by molar-refractivity contribution is 9.10. The van der Waals surface area contributed by atoms with Crippen molar-refractivity contribution in [3.05, 3.63) is 68.6 Å². The van der Waals surface area contributed by atoms with E-state index in [2.05, 4.69) is 31.9 Å². The molecule has 0 spiro atoms. The lowest BCUT2D eigenvalue weighted by molar-refractivity contribution is -0.0370. The third kappa shape index (κ3) is 10.3. The lowest BCUT2D eigenvalue weighted by atomic mass is 10.1. The van der Waals surface area contributed by atoms with Gasteiger partial charge in [-0.05, 0) is 76.2 Å². The highest BCUT2D eigenvalue weighted by atomic mass is 79.9. The lowest BCUT2D eigenvalue weighted by Gasteiger charge is -2.24. The molecule has 164 valence electrons. The number of esters is 2. The minimum atomic E-state index is -0.935. The molecule has 0 heterocycles. The van der Waals surface area contributed by atoms with Crippen LogP contribution in [-0.2, 0) is 9.47 Å². The van der Waals surface area contributed by atoms with Gasteiger partial charge in [-0.1, -0.05) is 31.9 Å². The second kappa shape index (κ2) is 11.6. The van der Waals surface area contributed by atoms with E-state index >= 15 is 0 Å². The third-order valence-electron chi connectivity index (χ3n) is 3.47. The van der Waals surface area contributed by atoms with Crippen molar-refractivity contribution in [1.82, 2.24) is 0 Å². The number of aliphatic hydroxyl groups excluding tert-OH is 1. The second-order valence-corrected chi connectivity index (χ2v) is 9.54. The zero-order valence-electron chi connectivity index (χ0n) is 17.3. The molecule has 0 aliphatic carbocycles. The summed E-state index contributed by atoms with van der Waals surface area (Å²) in [5.41, 5.74) is -0.964. The van der Waals surface area contributed by atoms with Crippen molar-refractivity contribution >= 4 is 43.8 Å². The summed E-state index contributed by atoms with van der Waals surface area (Å²) in [5.74, 6) is -0.928. The molecule has 0 saturated carbocycles. The first-order chi connectivity index (χ1) is 13.8. The zero-order chi connectivity index (χ0) is 22.9. The van der Waals surface area contributed by atoms with Gasteiger partial charge in [-0.3, -0.25) is 0 Å². The summed E-state index contributed by atoms with van der Waals surface area (Å²) in [6.45, 7) is 6.27. The predicted molar refractivity (Wildman–Crippen MR) is 121 cm³/mol. The average molecular weight is 546 g/mol. The number of rotatable bonds is 6. The Balaban J connectivity index is 0.000000656. The van der Waals surface area contributed by atoms with Gasteiger partial charge in [0.2, 0.25) is 0 Å². The van der Waals surface area contributed by atoms with Gasteiger partial charge in [0.05, 0.1) is 23.3 Å². The molecule has 0 aliphatic rings. The van der Waals surface area contributed by atoms with Gasteiger partial charge in [-0.2, -0.15) is 0 Å². The van der Waals surface area contributed by atoms with Crippen LogP contribution in [0.2, 0.25) is 0 Å². The molecular formula is C22H26Br2O6. The highest BCUT2D eigenvalue weighted by Gasteiger charge is 2.26. The van der Waals surface area contributed by atoms with Crippen LogP contribution in [0.1, 0.15) is 48.4 Å². The summed E-state index contributed by atoms with van der Waals surface area (Å²) in [6, 6.07) is 13.7. The normalized spacial score (nSPS) is 11.2. The third-order valence-corrected chi connectivity index (χ3v) is 4.52. The van der Waals surface area contributed by atoms with Crippen LogP contribution >= 0.6 is 31.9 Å². The van der Waals surface area contributed by atoms with E-state index < -0.39 is 23.1 Å². The van der Waals surface area contributed by atoms with E-state index in [4.69, 9.17) is 19.7 Å². The second-order valence-electron chi connectivity index (χ2n) is 7.71. The maximum absolute atomic E-state index is 12.1. The number of benzene rings is 2. The van der Waals surface area contributed by atoms with Gasteiger partial charge in [0.1, 0.15) is 12.2 Å². The smallest absolute Gasteiger partial charge is 0.338 e. The van der Waals surface area contributed by atoms with Crippen LogP contribution in [0.5, 0.6) is 0 Å². The van der Waals surface area contributed by atoms with E-state index in [1.807, 2.05) is 0 Å². The molecule has 0 fully saturated rings. The van der Waals surface area contributed by atoms with E-state index in [0.29, 0.717) is 11.1 Å². The van der Waals surface area contributed by atoms with Crippen LogP contribution in [0.15, 0.2) is 57.5 Å². The van der Waals surface area contributed by atoms with Crippen molar-refractivity contribution < 1.29 is 29.3 Å². The summed E-state index contributed by atoms with van der Waals surface area (Å²) < 4.78 is 12.4. The standard InChI is InChI=1S/C18H16Br2O4.C4H10O2/c1-18(2,24-17(22)13-5-9-15(20)10-6-13)11-23-16(21)12-3-7-14(19)8-4-12;1-4(2,6)3-5/h3-10H,11H2,1-2H3;5-6H,3H2,1-2H3. The fraction of sp³-hybridized carbons (Fsp3) is 0.364. The monoisotopic (exact) mass is 544 g/mol. The summed E-state index contributed by atoms with van der Waals surface area (Å²) in [5, 5.41) is 16.7. The van der Waals surface area contributed by atoms with Crippen LogP contribution in [0.25, 0.3) is 0 Å². The number of carbonyl (C=O) groups excluding carboxylic acids is 2. The fourth-order valence-electron chi connectivity index (χ4n) is 1.83. The fourth-order valence-corrected chi connectivity index (χ4v) is 2.36. The van der Waals surface area contributed by atoms with Gasteiger partial charge in [0.25, 0.3) is 0 Å². The Morgan fingerprint density at radius 2 is 1.20 bits per heavy atom. The molecule has 6 nitrogen and oxygen atoms in total. The van der Waals surface area contributed by atoms with Crippen LogP contribution in [-0.4, -0.2) is 46.6 Å². The molecule has 0 radical (unpaired) electrons. The number of aliphatic hydroxyl groups is 2. The Morgan fingerprint density at radius 1 is 0.833 bits per heavy atom. The van der Waals surface area contributed by atoms with Crippen molar-refractivity contribution in [1.29, 1.82) is 0 Å². The van der Waals surface area contributed by atoms with Crippen molar-refractivity contribution in [3.63, 3.8) is 0 Å². The predicted octanol–water partition coefficient (Wildman–Crippen LogP) is 4.75. The molecule has 8 heteroatoms. The molecule has 0 bridgehead atoms. The largest absolute Gasteiger partial charge is 0.458 e. The Kier molecular flexibility index (Phi) is 10.2. The molecule has 0 aromatic heterocycles. The Morgan fingerprint density at radius 3 is 1.57 bits per heavy atom. The molecule has 2 rings (SSSR count). The molecule has 2 aromatic rings. The number of ether oxygens (including phenoxy) is 2. The minimum absolute atomic E-state index is 0.0375. The van der Waals surface area contributed by atoms with Crippen LogP contribution < -0.4 is 0 Å². The van der Waals surface area contributed by atoms with Crippen molar-refractivity contribution in [2.45, 2.75) is 38.9 Å². The van der Waals surface area contributed by atoms with Crippen molar-refractivity contribution in [2.75, 3.05) is 13.2 Å². The molecule has 0 amide bonds. The van der Waals surface area contributed by atoms with Crippen LogP contribution in [0.3, 0.4) is 0 Å². The topological polar surface area (TPSA) is 93.1 Å². The van der Waals surface area contributed by atoms with E-state index in [1.54, 1.807) is 76.2 Å².